The van der Waals surface area contributed by atoms with Gasteiger partial charge in [0.25, 0.3) is 0 Å². The lowest BCUT2D eigenvalue weighted by molar-refractivity contribution is 0.384. The molecule has 1 aliphatic rings. The van der Waals surface area contributed by atoms with Gasteiger partial charge in [-0.05, 0) is 32.7 Å². The molecule has 1 aliphatic heterocycles. The Morgan fingerprint density at radius 2 is 2.50 bits per heavy atom. The summed E-state index contributed by atoms with van der Waals surface area (Å²) in [6, 6.07) is 0. The van der Waals surface area contributed by atoms with Gasteiger partial charge in [-0.25, -0.2) is 0 Å². The number of aromatic nitrogens is 3. The Labute approximate surface area is 84.7 Å². The molecule has 1 saturated heterocycles. The number of rotatable bonds is 3. The zero-order chi connectivity index (χ0) is 10.0. The van der Waals surface area contributed by atoms with Crippen molar-refractivity contribution >= 4 is 0 Å². The van der Waals surface area contributed by atoms with Crippen molar-refractivity contribution in [2.24, 2.45) is 0 Å². The summed E-state index contributed by atoms with van der Waals surface area (Å²) in [5.41, 5.74) is 0.0473. The van der Waals surface area contributed by atoms with Crippen molar-refractivity contribution in [2.45, 2.75) is 45.2 Å². The molecule has 1 atom stereocenters. The average molecular weight is 194 g/mol. The summed E-state index contributed by atoms with van der Waals surface area (Å²) in [5.74, 6) is 1.09. The molecular weight excluding hydrogens is 176 g/mol. The molecule has 4 heteroatoms. The molecule has 1 aromatic heterocycles. The monoisotopic (exact) mass is 194 g/mol. The lowest BCUT2D eigenvalue weighted by Crippen LogP contribution is -2.36. The summed E-state index contributed by atoms with van der Waals surface area (Å²) < 4.78 is 2.16. The molecule has 1 unspecified atom stereocenters. The second kappa shape index (κ2) is 3.69. The first-order chi connectivity index (χ1) is 6.76. The van der Waals surface area contributed by atoms with Gasteiger partial charge < -0.3 is 9.88 Å². The predicted molar refractivity (Wildman–Crippen MR) is 54.9 cm³/mol. The summed E-state index contributed by atoms with van der Waals surface area (Å²) in [5, 5.41) is 11.8. The molecule has 0 amide bonds. The van der Waals surface area contributed by atoms with Gasteiger partial charge >= 0.3 is 0 Å². The van der Waals surface area contributed by atoms with E-state index in [1.54, 1.807) is 0 Å². The Morgan fingerprint density at radius 1 is 1.64 bits per heavy atom. The van der Waals surface area contributed by atoms with Crippen molar-refractivity contribution < 1.29 is 0 Å². The van der Waals surface area contributed by atoms with Gasteiger partial charge in [0.15, 0.2) is 5.82 Å². The third kappa shape index (κ3) is 1.54. The lowest BCUT2D eigenvalue weighted by Gasteiger charge is -2.23. The predicted octanol–water partition coefficient (Wildman–Crippen LogP) is 1.29. The van der Waals surface area contributed by atoms with Crippen LogP contribution in [0.5, 0.6) is 0 Å². The maximum absolute atomic E-state index is 4.24. The SMILES string of the molecule is CCCn1cnnc1C1(C)CCCN1. The molecule has 0 saturated carbocycles. The van der Waals surface area contributed by atoms with E-state index in [4.69, 9.17) is 0 Å². The van der Waals surface area contributed by atoms with Crippen molar-refractivity contribution in [3.05, 3.63) is 12.2 Å². The molecule has 2 heterocycles. The van der Waals surface area contributed by atoms with E-state index in [-0.39, 0.29) is 5.54 Å². The van der Waals surface area contributed by atoms with Crippen LogP contribution in [0.1, 0.15) is 38.9 Å². The molecule has 0 spiro atoms. The van der Waals surface area contributed by atoms with Crippen LogP contribution in [-0.4, -0.2) is 21.3 Å². The van der Waals surface area contributed by atoms with Crippen LogP contribution in [0.4, 0.5) is 0 Å². The molecule has 4 nitrogen and oxygen atoms in total. The van der Waals surface area contributed by atoms with Crippen LogP contribution in [0, 0.1) is 0 Å². The smallest absolute Gasteiger partial charge is 0.152 e. The number of hydrogen-bond acceptors (Lipinski definition) is 3. The minimum Gasteiger partial charge on any atom is -0.316 e. The van der Waals surface area contributed by atoms with E-state index in [0.717, 1.165) is 31.8 Å². The first kappa shape index (κ1) is 9.65. The van der Waals surface area contributed by atoms with E-state index in [2.05, 4.69) is 33.9 Å². The van der Waals surface area contributed by atoms with Crippen molar-refractivity contribution in [3.63, 3.8) is 0 Å². The summed E-state index contributed by atoms with van der Waals surface area (Å²) in [7, 11) is 0. The van der Waals surface area contributed by atoms with Crippen molar-refractivity contribution in [2.75, 3.05) is 6.54 Å². The fourth-order valence-corrected chi connectivity index (χ4v) is 2.17. The highest BCUT2D eigenvalue weighted by Gasteiger charge is 2.34. The molecule has 78 valence electrons. The molecule has 0 radical (unpaired) electrons. The standard InChI is InChI=1S/C10H18N4/c1-3-7-14-8-12-13-9(14)10(2)5-4-6-11-10/h8,11H,3-7H2,1-2H3. The molecule has 1 N–H and O–H groups in total. The molecule has 14 heavy (non-hydrogen) atoms. The van der Waals surface area contributed by atoms with E-state index in [1.165, 1.54) is 6.42 Å². The second-order valence-corrected chi connectivity index (χ2v) is 4.21. The number of aryl methyl sites for hydroxylation is 1. The second-order valence-electron chi connectivity index (χ2n) is 4.21. The molecule has 1 aromatic rings. The minimum atomic E-state index is 0.0473. The van der Waals surface area contributed by atoms with Crippen LogP contribution < -0.4 is 5.32 Å². The maximum Gasteiger partial charge on any atom is 0.152 e. The number of nitrogens with zero attached hydrogens (tertiary/aromatic N) is 3. The Kier molecular flexibility index (Phi) is 2.54. The van der Waals surface area contributed by atoms with Gasteiger partial charge in [0, 0.05) is 6.54 Å². The van der Waals surface area contributed by atoms with Crippen molar-refractivity contribution in [3.8, 4) is 0 Å². The Morgan fingerprint density at radius 3 is 3.14 bits per heavy atom. The minimum absolute atomic E-state index is 0.0473. The highest BCUT2D eigenvalue weighted by atomic mass is 15.3. The fourth-order valence-electron chi connectivity index (χ4n) is 2.17. The summed E-state index contributed by atoms with van der Waals surface area (Å²) >= 11 is 0. The Hall–Kier alpha value is -0.900. The zero-order valence-corrected chi connectivity index (χ0v) is 8.95. The molecular formula is C10H18N4. The van der Waals surface area contributed by atoms with Crippen LogP contribution in [-0.2, 0) is 12.1 Å². The van der Waals surface area contributed by atoms with E-state index < -0.39 is 0 Å². The van der Waals surface area contributed by atoms with Crippen molar-refractivity contribution in [1.82, 2.24) is 20.1 Å². The first-order valence-electron chi connectivity index (χ1n) is 5.39. The Balaban J connectivity index is 2.25. The van der Waals surface area contributed by atoms with E-state index in [0.29, 0.717) is 0 Å². The average Bonchev–Trinajstić information content (AvgIpc) is 2.75. The molecule has 1 fully saturated rings. The lowest BCUT2D eigenvalue weighted by atomic mass is 9.99. The van der Waals surface area contributed by atoms with Gasteiger partial charge in [0.05, 0.1) is 5.54 Å². The van der Waals surface area contributed by atoms with E-state index in [1.807, 2.05) is 6.33 Å². The summed E-state index contributed by atoms with van der Waals surface area (Å²) in [6.45, 7) is 6.50. The van der Waals surface area contributed by atoms with Crippen LogP contribution >= 0.6 is 0 Å². The van der Waals surface area contributed by atoms with Gasteiger partial charge in [-0.1, -0.05) is 6.92 Å². The maximum atomic E-state index is 4.24. The topological polar surface area (TPSA) is 42.7 Å². The van der Waals surface area contributed by atoms with E-state index >= 15 is 0 Å². The summed E-state index contributed by atoms with van der Waals surface area (Å²) in [6.07, 6.45) is 5.36. The Bertz CT molecular complexity index is 299. The quantitative estimate of drug-likeness (QED) is 0.788. The largest absolute Gasteiger partial charge is 0.316 e. The molecule has 2 rings (SSSR count). The van der Waals surface area contributed by atoms with Crippen LogP contribution in [0.25, 0.3) is 0 Å². The molecule has 0 bridgehead atoms. The van der Waals surface area contributed by atoms with Crippen LogP contribution in [0.3, 0.4) is 0 Å². The van der Waals surface area contributed by atoms with Gasteiger partial charge in [0.2, 0.25) is 0 Å². The number of hydrogen-bond donors (Lipinski definition) is 1. The van der Waals surface area contributed by atoms with Gasteiger partial charge in [-0.15, -0.1) is 10.2 Å². The number of nitrogens with one attached hydrogen (secondary N) is 1. The van der Waals surface area contributed by atoms with Gasteiger partial charge in [-0.2, -0.15) is 0 Å². The normalized spacial score (nSPS) is 27.0. The van der Waals surface area contributed by atoms with Gasteiger partial charge in [-0.3, -0.25) is 0 Å². The van der Waals surface area contributed by atoms with Crippen molar-refractivity contribution in [1.29, 1.82) is 0 Å². The zero-order valence-electron chi connectivity index (χ0n) is 8.95. The highest BCUT2D eigenvalue weighted by Crippen LogP contribution is 2.28. The fraction of sp³-hybridized carbons (Fsp3) is 0.800. The summed E-state index contributed by atoms with van der Waals surface area (Å²) in [4.78, 5) is 0. The van der Waals surface area contributed by atoms with Crippen LogP contribution in [0.15, 0.2) is 6.33 Å². The molecule has 0 aromatic carbocycles. The van der Waals surface area contributed by atoms with Gasteiger partial charge in [0.1, 0.15) is 6.33 Å². The third-order valence-electron chi connectivity index (χ3n) is 2.94. The first-order valence-corrected chi connectivity index (χ1v) is 5.39. The highest BCUT2D eigenvalue weighted by molar-refractivity contribution is 5.07. The van der Waals surface area contributed by atoms with E-state index in [9.17, 15) is 0 Å². The molecule has 0 aliphatic carbocycles. The van der Waals surface area contributed by atoms with Crippen LogP contribution in [0.2, 0.25) is 0 Å². The third-order valence-corrected chi connectivity index (χ3v) is 2.94.